The molecule has 1 N–H and O–H groups in total. The van der Waals surface area contributed by atoms with Crippen LogP contribution < -0.4 is 5.32 Å². The summed E-state index contributed by atoms with van der Waals surface area (Å²) in [6, 6.07) is 7.15. The summed E-state index contributed by atoms with van der Waals surface area (Å²) in [4.78, 5) is 13.4. The minimum atomic E-state index is 0.541. The van der Waals surface area contributed by atoms with Crippen LogP contribution in [0.2, 0.25) is 0 Å². The third-order valence-corrected chi connectivity index (χ3v) is 6.26. The van der Waals surface area contributed by atoms with Crippen molar-refractivity contribution in [2.24, 2.45) is 5.92 Å². The number of aromatic nitrogens is 5. The smallest absolute Gasteiger partial charge is 0.145 e. The maximum Gasteiger partial charge on any atom is 0.145 e. The second-order valence-electron chi connectivity index (χ2n) is 7.97. The Kier molecular flexibility index (Phi) is 4.26. The van der Waals surface area contributed by atoms with Crippen LogP contribution in [0.25, 0.3) is 16.7 Å². The molecule has 0 bridgehead atoms. The van der Waals surface area contributed by atoms with E-state index in [4.69, 9.17) is 0 Å². The minimum Gasteiger partial charge on any atom is -0.372 e. The summed E-state index contributed by atoms with van der Waals surface area (Å²) >= 11 is 0. The Bertz CT molecular complexity index is 1120. The van der Waals surface area contributed by atoms with Crippen molar-refractivity contribution < 1.29 is 0 Å². The fraction of sp³-hybridized carbons (Fsp3) is 0.409. The lowest BCUT2D eigenvalue weighted by molar-refractivity contribution is 0.461. The van der Waals surface area contributed by atoms with E-state index in [1.165, 1.54) is 36.9 Å². The summed E-state index contributed by atoms with van der Waals surface area (Å²) in [7, 11) is 1.91. The van der Waals surface area contributed by atoms with Gasteiger partial charge in [0.1, 0.15) is 23.4 Å². The number of hydrogen-bond donors (Lipinski definition) is 1. The van der Waals surface area contributed by atoms with E-state index in [1.807, 2.05) is 13.2 Å². The molecular weight excluding hydrogens is 348 g/mol. The first-order valence-electron chi connectivity index (χ1n) is 10.1. The predicted molar refractivity (Wildman–Crippen MR) is 112 cm³/mol. The Morgan fingerprint density at radius 3 is 2.96 bits per heavy atom. The second kappa shape index (κ2) is 6.93. The number of nitrogens with one attached hydrogen (secondary N) is 1. The third-order valence-electron chi connectivity index (χ3n) is 6.26. The SMILES string of the molecule is CNc1ncnc2c1ccn2C1CCC(CCc2ccn3c(C)cnc3c2)C1. The van der Waals surface area contributed by atoms with Gasteiger partial charge in [0, 0.05) is 37.4 Å². The molecule has 1 fully saturated rings. The van der Waals surface area contributed by atoms with E-state index in [-0.39, 0.29) is 0 Å². The number of rotatable bonds is 5. The lowest BCUT2D eigenvalue weighted by Gasteiger charge is -2.14. The molecule has 1 saturated carbocycles. The van der Waals surface area contributed by atoms with Crippen LogP contribution in [0, 0.1) is 12.8 Å². The summed E-state index contributed by atoms with van der Waals surface area (Å²) < 4.78 is 4.50. The van der Waals surface area contributed by atoms with E-state index >= 15 is 0 Å². The molecule has 0 aliphatic heterocycles. The summed E-state index contributed by atoms with van der Waals surface area (Å²) in [6.45, 7) is 2.09. The summed E-state index contributed by atoms with van der Waals surface area (Å²) in [5.41, 5.74) is 4.67. The number of anilines is 1. The van der Waals surface area contributed by atoms with Crippen LogP contribution in [-0.4, -0.2) is 31.0 Å². The van der Waals surface area contributed by atoms with Gasteiger partial charge in [0.2, 0.25) is 0 Å². The molecule has 0 spiro atoms. The molecule has 0 aromatic carbocycles. The highest BCUT2D eigenvalue weighted by molar-refractivity contribution is 5.87. The van der Waals surface area contributed by atoms with Crippen molar-refractivity contribution in [1.82, 2.24) is 23.9 Å². The van der Waals surface area contributed by atoms with E-state index in [0.717, 1.165) is 34.8 Å². The fourth-order valence-corrected chi connectivity index (χ4v) is 4.70. The van der Waals surface area contributed by atoms with Crippen LogP contribution in [0.3, 0.4) is 0 Å². The molecule has 0 saturated heterocycles. The highest BCUT2D eigenvalue weighted by Gasteiger charge is 2.27. The third kappa shape index (κ3) is 2.93. The maximum absolute atomic E-state index is 4.55. The van der Waals surface area contributed by atoms with Gasteiger partial charge < -0.3 is 14.3 Å². The highest BCUT2D eigenvalue weighted by atomic mass is 15.1. The maximum atomic E-state index is 4.55. The first-order chi connectivity index (χ1) is 13.7. The van der Waals surface area contributed by atoms with Gasteiger partial charge in [0.05, 0.1) is 5.39 Å². The standard InChI is InChI=1S/C22H26N6/c1-15-13-24-20-12-17(7-9-27(15)20)4-3-16-5-6-18(11-16)28-10-8-19-21(23-2)25-14-26-22(19)28/h7-10,12-14,16,18H,3-6,11H2,1-2H3,(H,23,25,26). The number of nitrogens with zero attached hydrogens (tertiary/aromatic N) is 5. The Labute approximate surface area is 164 Å². The number of aryl methyl sites for hydroxylation is 2. The zero-order valence-corrected chi connectivity index (χ0v) is 16.5. The van der Waals surface area contributed by atoms with Gasteiger partial charge in [-0.1, -0.05) is 0 Å². The Morgan fingerprint density at radius 1 is 1.14 bits per heavy atom. The van der Waals surface area contributed by atoms with Gasteiger partial charge in [0.25, 0.3) is 0 Å². The summed E-state index contributed by atoms with van der Waals surface area (Å²) in [6.07, 6.45) is 14.0. The molecule has 28 heavy (non-hydrogen) atoms. The van der Waals surface area contributed by atoms with Crippen LogP contribution in [0.4, 0.5) is 5.82 Å². The Morgan fingerprint density at radius 2 is 2.07 bits per heavy atom. The molecule has 6 heteroatoms. The van der Waals surface area contributed by atoms with Crippen LogP contribution in [0.5, 0.6) is 0 Å². The van der Waals surface area contributed by atoms with E-state index in [0.29, 0.717) is 6.04 Å². The number of pyridine rings is 1. The van der Waals surface area contributed by atoms with Crippen LogP contribution in [0.1, 0.15) is 43.0 Å². The lowest BCUT2D eigenvalue weighted by Crippen LogP contribution is -2.06. The minimum absolute atomic E-state index is 0.541. The number of imidazole rings is 1. The molecule has 4 heterocycles. The zero-order chi connectivity index (χ0) is 19.1. The van der Waals surface area contributed by atoms with Crippen LogP contribution in [0.15, 0.2) is 43.1 Å². The highest BCUT2D eigenvalue weighted by Crippen LogP contribution is 2.39. The first-order valence-corrected chi connectivity index (χ1v) is 10.1. The number of fused-ring (bicyclic) bond motifs is 2. The molecule has 1 aliphatic rings. The summed E-state index contributed by atoms with van der Waals surface area (Å²) in [5, 5.41) is 4.27. The largest absolute Gasteiger partial charge is 0.372 e. The van der Waals surface area contributed by atoms with E-state index < -0.39 is 0 Å². The van der Waals surface area contributed by atoms with Gasteiger partial charge >= 0.3 is 0 Å². The zero-order valence-electron chi connectivity index (χ0n) is 16.5. The van der Waals surface area contributed by atoms with Crippen LogP contribution in [-0.2, 0) is 6.42 Å². The van der Waals surface area contributed by atoms with Gasteiger partial charge in [-0.3, -0.25) is 0 Å². The normalized spacial score (nSPS) is 19.6. The molecule has 6 nitrogen and oxygen atoms in total. The van der Waals surface area contributed by atoms with Crippen molar-refractivity contribution in [3.05, 3.63) is 54.4 Å². The quantitative estimate of drug-likeness (QED) is 0.562. The van der Waals surface area contributed by atoms with Crippen molar-refractivity contribution in [1.29, 1.82) is 0 Å². The average molecular weight is 374 g/mol. The topological polar surface area (TPSA) is 60.0 Å². The molecule has 4 aromatic heterocycles. The van der Waals surface area contributed by atoms with E-state index in [2.05, 4.69) is 66.8 Å². The molecule has 0 amide bonds. The van der Waals surface area contributed by atoms with E-state index in [1.54, 1.807) is 6.33 Å². The molecule has 2 unspecified atom stereocenters. The van der Waals surface area contributed by atoms with Gasteiger partial charge in [-0.2, -0.15) is 0 Å². The van der Waals surface area contributed by atoms with Crippen LogP contribution >= 0.6 is 0 Å². The van der Waals surface area contributed by atoms with Gasteiger partial charge in [-0.25, -0.2) is 15.0 Å². The monoisotopic (exact) mass is 374 g/mol. The Balaban J connectivity index is 1.27. The lowest BCUT2D eigenvalue weighted by atomic mass is 9.98. The predicted octanol–water partition coefficient (Wildman–Crippen LogP) is 4.40. The molecular formula is C22H26N6. The van der Waals surface area contributed by atoms with Gasteiger partial charge in [-0.15, -0.1) is 0 Å². The van der Waals surface area contributed by atoms with Crippen molar-refractivity contribution in [3.63, 3.8) is 0 Å². The number of hydrogen-bond acceptors (Lipinski definition) is 4. The van der Waals surface area contributed by atoms with Crippen molar-refractivity contribution in [2.45, 2.75) is 45.1 Å². The Hall–Kier alpha value is -2.89. The molecule has 2 atom stereocenters. The van der Waals surface area contributed by atoms with E-state index in [9.17, 15) is 0 Å². The molecule has 0 radical (unpaired) electrons. The van der Waals surface area contributed by atoms with Crippen molar-refractivity contribution in [3.8, 4) is 0 Å². The molecule has 4 aromatic rings. The van der Waals surface area contributed by atoms with Crippen molar-refractivity contribution >= 4 is 22.5 Å². The second-order valence-corrected chi connectivity index (χ2v) is 7.97. The first kappa shape index (κ1) is 17.2. The summed E-state index contributed by atoms with van der Waals surface area (Å²) in [5.74, 6) is 1.67. The van der Waals surface area contributed by atoms with Gasteiger partial charge in [0.15, 0.2) is 0 Å². The van der Waals surface area contributed by atoms with Gasteiger partial charge in [-0.05, 0) is 68.7 Å². The van der Waals surface area contributed by atoms with Crippen molar-refractivity contribution in [2.75, 3.05) is 12.4 Å². The molecule has 1 aliphatic carbocycles. The fourth-order valence-electron chi connectivity index (χ4n) is 4.70. The molecule has 144 valence electrons. The average Bonchev–Trinajstić information content (AvgIpc) is 3.44. The molecule has 5 rings (SSSR count).